The van der Waals surface area contributed by atoms with Gasteiger partial charge in [-0.15, -0.1) is 0 Å². The van der Waals surface area contributed by atoms with Crippen molar-refractivity contribution in [1.82, 2.24) is 4.98 Å². The van der Waals surface area contributed by atoms with Gasteiger partial charge in [0, 0.05) is 10.7 Å². The van der Waals surface area contributed by atoms with E-state index in [1.807, 2.05) is 0 Å². The number of anilines is 1. The number of nitrogens with zero attached hydrogens (tertiary/aromatic N) is 1. The van der Waals surface area contributed by atoms with Gasteiger partial charge in [0.25, 0.3) is 10.0 Å². The molecule has 8 heteroatoms. The van der Waals surface area contributed by atoms with E-state index in [1.54, 1.807) is 13.0 Å². The average Bonchev–Trinajstić information content (AvgIpc) is 2.36. The lowest BCUT2D eigenvalue weighted by Gasteiger charge is -2.10. The number of benzene rings is 1. The smallest absolute Gasteiger partial charge is 0.263 e. The third-order valence-electron chi connectivity index (χ3n) is 2.48. The van der Waals surface area contributed by atoms with Crippen molar-refractivity contribution in [1.29, 1.82) is 0 Å². The third kappa shape index (κ3) is 3.36. The first-order valence-corrected chi connectivity index (χ1v) is 8.46. The van der Waals surface area contributed by atoms with Crippen molar-refractivity contribution in [3.05, 3.63) is 50.8 Å². The number of hydrogen-bond acceptors (Lipinski definition) is 3. The molecule has 0 radical (unpaired) electrons. The van der Waals surface area contributed by atoms with Crippen molar-refractivity contribution in [2.75, 3.05) is 4.72 Å². The lowest BCUT2D eigenvalue weighted by atomic mass is 10.3. The highest BCUT2D eigenvalue weighted by Crippen LogP contribution is 2.23. The number of pyridine rings is 1. The third-order valence-corrected chi connectivity index (χ3v) is 4.89. The van der Waals surface area contributed by atoms with Crippen LogP contribution in [0.1, 0.15) is 5.56 Å². The number of sulfonamides is 1. The van der Waals surface area contributed by atoms with Gasteiger partial charge in [0.05, 0.1) is 9.37 Å². The van der Waals surface area contributed by atoms with Crippen LogP contribution in [-0.4, -0.2) is 13.4 Å². The van der Waals surface area contributed by atoms with Gasteiger partial charge in [-0.25, -0.2) is 17.8 Å². The van der Waals surface area contributed by atoms with E-state index in [0.29, 0.717) is 5.56 Å². The molecule has 0 unspecified atom stereocenters. The predicted octanol–water partition coefficient (Wildman–Crippen LogP) is 3.85. The number of hydrogen-bond donors (Lipinski definition) is 1. The molecule has 4 nitrogen and oxygen atoms in total. The minimum atomic E-state index is -3.88. The van der Waals surface area contributed by atoms with E-state index in [1.165, 1.54) is 18.3 Å². The first-order chi connectivity index (χ1) is 9.29. The molecule has 0 atom stereocenters. The summed E-state index contributed by atoms with van der Waals surface area (Å²) in [6, 6.07) is 5.32. The van der Waals surface area contributed by atoms with Gasteiger partial charge in [0.15, 0.2) is 0 Å². The first-order valence-electron chi connectivity index (χ1n) is 5.39. The molecule has 0 aliphatic carbocycles. The Bertz CT molecular complexity index is 766. The predicted molar refractivity (Wildman–Crippen MR) is 81.6 cm³/mol. The van der Waals surface area contributed by atoms with Gasteiger partial charge in [-0.1, -0.05) is 0 Å². The van der Waals surface area contributed by atoms with Gasteiger partial charge in [0.2, 0.25) is 0 Å². The van der Waals surface area contributed by atoms with Crippen LogP contribution in [0.15, 0.2) is 44.3 Å². The molecule has 0 fully saturated rings. The lowest BCUT2D eigenvalue weighted by molar-refractivity contribution is 0.593. The van der Waals surface area contributed by atoms with Crippen LogP contribution in [0.25, 0.3) is 0 Å². The Labute approximate surface area is 132 Å². The van der Waals surface area contributed by atoms with Crippen LogP contribution in [-0.2, 0) is 10.0 Å². The summed E-state index contributed by atoms with van der Waals surface area (Å²) in [5.41, 5.74) is 0.653. The van der Waals surface area contributed by atoms with Gasteiger partial charge in [-0.3, -0.25) is 4.72 Å². The fourth-order valence-electron chi connectivity index (χ4n) is 1.48. The Hall–Kier alpha value is -0.990. The number of halogens is 3. The molecule has 1 aromatic heterocycles. The lowest BCUT2D eigenvalue weighted by Crippen LogP contribution is -2.15. The maximum Gasteiger partial charge on any atom is 0.263 e. The first kappa shape index (κ1) is 15.4. The van der Waals surface area contributed by atoms with E-state index in [0.717, 1.165) is 10.5 Å². The Morgan fingerprint density at radius 2 is 1.95 bits per heavy atom. The normalized spacial score (nSPS) is 11.4. The molecule has 2 rings (SSSR count). The minimum Gasteiger partial charge on any atom is -0.263 e. The summed E-state index contributed by atoms with van der Waals surface area (Å²) >= 11 is 6.22. The molecule has 1 heterocycles. The van der Waals surface area contributed by atoms with Gasteiger partial charge >= 0.3 is 0 Å². The van der Waals surface area contributed by atoms with Crippen molar-refractivity contribution in [3.63, 3.8) is 0 Å². The second-order valence-electron chi connectivity index (χ2n) is 4.00. The quantitative estimate of drug-likeness (QED) is 0.815. The largest absolute Gasteiger partial charge is 0.263 e. The minimum absolute atomic E-state index is 0.165. The summed E-state index contributed by atoms with van der Waals surface area (Å²) < 4.78 is 41.0. The molecule has 1 aromatic carbocycles. The fourth-order valence-corrected chi connectivity index (χ4v) is 3.26. The SMILES string of the molecule is Cc1cc(Br)cnc1NS(=O)(=O)c1ccc(Br)c(F)c1. The van der Waals surface area contributed by atoms with E-state index in [9.17, 15) is 12.8 Å². The Morgan fingerprint density at radius 3 is 2.55 bits per heavy atom. The van der Waals surface area contributed by atoms with Crippen LogP contribution in [0, 0.1) is 12.7 Å². The highest BCUT2D eigenvalue weighted by molar-refractivity contribution is 9.10. The van der Waals surface area contributed by atoms with Gasteiger partial charge in [-0.05, 0) is 68.6 Å². The van der Waals surface area contributed by atoms with Gasteiger partial charge in [-0.2, -0.15) is 0 Å². The molecular weight excluding hydrogens is 415 g/mol. The molecule has 2 aromatic rings. The highest BCUT2D eigenvalue weighted by atomic mass is 79.9. The van der Waals surface area contributed by atoms with E-state index in [2.05, 4.69) is 41.6 Å². The van der Waals surface area contributed by atoms with Crippen LogP contribution in [0.4, 0.5) is 10.2 Å². The average molecular weight is 424 g/mol. The Kier molecular flexibility index (Phi) is 4.46. The highest BCUT2D eigenvalue weighted by Gasteiger charge is 2.17. The maximum absolute atomic E-state index is 13.4. The van der Waals surface area contributed by atoms with E-state index in [-0.39, 0.29) is 15.2 Å². The summed E-state index contributed by atoms with van der Waals surface area (Å²) in [5.74, 6) is -0.440. The summed E-state index contributed by atoms with van der Waals surface area (Å²) in [6.07, 6.45) is 1.48. The van der Waals surface area contributed by atoms with Crippen molar-refractivity contribution < 1.29 is 12.8 Å². The molecule has 20 heavy (non-hydrogen) atoms. The molecule has 0 saturated carbocycles. The van der Waals surface area contributed by atoms with Crippen molar-refractivity contribution >= 4 is 47.7 Å². The Morgan fingerprint density at radius 1 is 1.25 bits per heavy atom. The van der Waals surface area contributed by atoms with Crippen molar-refractivity contribution in [2.24, 2.45) is 0 Å². The molecule has 106 valence electrons. The van der Waals surface area contributed by atoms with Crippen LogP contribution >= 0.6 is 31.9 Å². The standard InChI is InChI=1S/C12H9Br2FN2O2S/c1-7-4-8(13)6-16-12(7)17-20(18,19)9-2-3-10(14)11(15)5-9/h2-6H,1H3,(H,16,17). The molecule has 0 aliphatic rings. The summed E-state index contributed by atoms with van der Waals surface area (Å²) in [5, 5.41) is 0. The zero-order valence-electron chi connectivity index (χ0n) is 10.2. The summed E-state index contributed by atoms with van der Waals surface area (Å²) in [4.78, 5) is 3.82. The van der Waals surface area contributed by atoms with Crippen LogP contribution in [0.3, 0.4) is 0 Å². The topological polar surface area (TPSA) is 59.1 Å². The second kappa shape index (κ2) is 5.79. The monoisotopic (exact) mass is 422 g/mol. The molecule has 0 bridgehead atoms. The van der Waals surface area contributed by atoms with Gasteiger partial charge < -0.3 is 0 Å². The molecule has 0 spiro atoms. The fraction of sp³-hybridized carbons (Fsp3) is 0.0833. The number of aryl methyl sites for hydroxylation is 1. The van der Waals surface area contributed by atoms with Crippen LogP contribution < -0.4 is 4.72 Å². The maximum atomic E-state index is 13.4. The van der Waals surface area contributed by atoms with Gasteiger partial charge in [0.1, 0.15) is 11.6 Å². The number of aromatic nitrogens is 1. The molecule has 1 N–H and O–H groups in total. The number of nitrogens with one attached hydrogen (secondary N) is 1. The van der Waals surface area contributed by atoms with Crippen LogP contribution in [0.5, 0.6) is 0 Å². The van der Waals surface area contributed by atoms with E-state index >= 15 is 0 Å². The molecule has 0 aliphatic heterocycles. The molecular formula is C12H9Br2FN2O2S. The van der Waals surface area contributed by atoms with Crippen molar-refractivity contribution in [2.45, 2.75) is 11.8 Å². The zero-order chi connectivity index (χ0) is 14.9. The summed E-state index contributed by atoms with van der Waals surface area (Å²) in [7, 11) is -3.88. The van der Waals surface area contributed by atoms with Crippen LogP contribution in [0.2, 0.25) is 0 Å². The number of rotatable bonds is 3. The van der Waals surface area contributed by atoms with E-state index < -0.39 is 15.8 Å². The zero-order valence-corrected chi connectivity index (χ0v) is 14.2. The van der Waals surface area contributed by atoms with E-state index in [4.69, 9.17) is 0 Å². The summed E-state index contributed by atoms with van der Waals surface area (Å²) in [6.45, 7) is 1.72. The molecule has 0 saturated heterocycles. The second-order valence-corrected chi connectivity index (χ2v) is 7.45. The van der Waals surface area contributed by atoms with Crippen molar-refractivity contribution in [3.8, 4) is 0 Å². The Balaban J connectivity index is 2.38. The molecule has 0 amide bonds.